The van der Waals surface area contributed by atoms with Crippen molar-refractivity contribution in [2.75, 3.05) is 13.7 Å². The lowest BCUT2D eigenvalue weighted by Gasteiger charge is -2.15. The van der Waals surface area contributed by atoms with Crippen molar-refractivity contribution in [3.63, 3.8) is 0 Å². The third-order valence-electron chi connectivity index (χ3n) is 2.27. The molecule has 0 saturated carbocycles. The van der Waals surface area contributed by atoms with Crippen LogP contribution in [0.2, 0.25) is 0 Å². The number of carbonyl (C=O) groups excluding carboxylic acids is 2. The summed E-state index contributed by atoms with van der Waals surface area (Å²) in [5.74, 6) is 0.369. The fourth-order valence-corrected chi connectivity index (χ4v) is 1.34. The first kappa shape index (κ1) is 14.0. The van der Waals surface area contributed by atoms with E-state index in [0.717, 1.165) is 0 Å². The average molecular weight is 252 g/mol. The Morgan fingerprint density at radius 3 is 2.72 bits per heavy atom. The molecule has 0 saturated heterocycles. The Morgan fingerprint density at radius 2 is 2.17 bits per heavy atom. The lowest BCUT2D eigenvalue weighted by molar-refractivity contribution is -0.150. The molecule has 0 aromatic heterocycles. The molecule has 18 heavy (non-hydrogen) atoms. The highest BCUT2D eigenvalue weighted by Gasteiger charge is 2.17. The number of hydrogen-bond acceptors (Lipinski definition) is 5. The molecule has 1 rings (SSSR count). The van der Waals surface area contributed by atoms with Crippen LogP contribution in [-0.2, 0) is 9.53 Å². The van der Waals surface area contributed by atoms with Gasteiger partial charge in [0.15, 0.2) is 12.4 Å². The SMILES string of the molecule is CCOC(=O)C(C)Oc1cc(OC)ccc1C=O. The summed E-state index contributed by atoms with van der Waals surface area (Å²) < 4.78 is 15.3. The first-order valence-electron chi connectivity index (χ1n) is 5.58. The van der Waals surface area contributed by atoms with Crippen molar-refractivity contribution in [2.45, 2.75) is 20.0 Å². The van der Waals surface area contributed by atoms with Crippen molar-refractivity contribution in [2.24, 2.45) is 0 Å². The Bertz CT molecular complexity index is 427. The van der Waals surface area contributed by atoms with Gasteiger partial charge >= 0.3 is 5.97 Å². The normalized spacial score (nSPS) is 11.5. The third-order valence-corrected chi connectivity index (χ3v) is 2.27. The van der Waals surface area contributed by atoms with Crippen LogP contribution in [0.4, 0.5) is 0 Å². The molecule has 0 heterocycles. The summed E-state index contributed by atoms with van der Waals surface area (Å²) in [4.78, 5) is 22.3. The van der Waals surface area contributed by atoms with E-state index in [1.807, 2.05) is 0 Å². The van der Waals surface area contributed by atoms with Gasteiger partial charge in [-0.15, -0.1) is 0 Å². The highest BCUT2D eigenvalue weighted by atomic mass is 16.6. The highest BCUT2D eigenvalue weighted by molar-refractivity contribution is 5.80. The van der Waals surface area contributed by atoms with Gasteiger partial charge in [-0.25, -0.2) is 4.79 Å². The van der Waals surface area contributed by atoms with Gasteiger partial charge in [0.2, 0.25) is 0 Å². The number of esters is 1. The molecule has 0 aliphatic rings. The van der Waals surface area contributed by atoms with Crippen LogP contribution >= 0.6 is 0 Å². The van der Waals surface area contributed by atoms with Crippen LogP contribution in [-0.4, -0.2) is 32.1 Å². The molecule has 0 N–H and O–H groups in total. The minimum atomic E-state index is -0.782. The molecular weight excluding hydrogens is 236 g/mol. The Kier molecular flexibility index (Phi) is 5.17. The van der Waals surface area contributed by atoms with Crippen LogP contribution in [0.15, 0.2) is 18.2 Å². The lowest BCUT2D eigenvalue weighted by atomic mass is 10.2. The van der Waals surface area contributed by atoms with E-state index in [2.05, 4.69) is 0 Å². The van der Waals surface area contributed by atoms with Gasteiger partial charge in [-0.2, -0.15) is 0 Å². The number of hydrogen-bond donors (Lipinski definition) is 0. The van der Waals surface area contributed by atoms with Crippen molar-refractivity contribution < 1.29 is 23.8 Å². The average Bonchev–Trinajstić information content (AvgIpc) is 2.38. The van der Waals surface area contributed by atoms with Crippen LogP contribution in [0.25, 0.3) is 0 Å². The number of rotatable bonds is 6. The van der Waals surface area contributed by atoms with Crippen LogP contribution in [0, 0.1) is 0 Å². The summed E-state index contributed by atoms with van der Waals surface area (Å²) in [6, 6.07) is 4.77. The first-order valence-corrected chi connectivity index (χ1v) is 5.58. The molecule has 1 atom stereocenters. The monoisotopic (exact) mass is 252 g/mol. The first-order chi connectivity index (χ1) is 8.62. The van der Waals surface area contributed by atoms with Gasteiger partial charge in [0.05, 0.1) is 19.3 Å². The second kappa shape index (κ2) is 6.64. The maximum absolute atomic E-state index is 11.4. The molecular formula is C13H16O5. The fraction of sp³-hybridized carbons (Fsp3) is 0.385. The summed E-state index contributed by atoms with van der Waals surface area (Å²) in [5, 5.41) is 0. The van der Waals surface area contributed by atoms with Gasteiger partial charge < -0.3 is 14.2 Å². The molecule has 0 amide bonds. The quantitative estimate of drug-likeness (QED) is 0.571. The van der Waals surface area contributed by atoms with E-state index in [4.69, 9.17) is 14.2 Å². The van der Waals surface area contributed by atoms with Gasteiger partial charge in [-0.05, 0) is 26.0 Å². The maximum atomic E-state index is 11.4. The summed E-state index contributed by atoms with van der Waals surface area (Å²) in [5.41, 5.74) is 0.354. The van der Waals surface area contributed by atoms with Crippen LogP contribution in [0.1, 0.15) is 24.2 Å². The Balaban J connectivity index is 2.87. The van der Waals surface area contributed by atoms with E-state index < -0.39 is 12.1 Å². The molecule has 1 aromatic carbocycles. The molecule has 0 radical (unpaired) electrons. The van der Waals surface area contributed by atoms with Gasteiger partial charge in [0, 0.05) is 6.07 Å². The number of carbonyl (C=O) groups is 2. The van der Waals surface area contributed by atoms with E-state index in [-0.39, 0.29) is 6.61 Å². The van der Waals surface area contributed by atoms with E-state index in [0.29, 0.717) is 23.3 Å². The predicted octanol–water partition coefficient (Wildman–Crippen LogP) is 1.84. The Labute approximate surface area is 106 Å². The second-order valence-corrected chi connectivity index (χ2v) is 3.53. The zero-order valence-corrected chi connectivity index (χ0v) is 10.6. The van der Waals surface area contributed by atoms with Crippen molar-refractivity contribution in [3.05, 3.63) is 23.8 Å². The van der Waals surface area contributed by atoms with Crippen molar-refractivity contribution >= 4 is 12.3 Å². The minimum absolute atomic E-state index is 0.283. The minimum Gasteiger partial charge on any atom is -0.497 e. The number of aldehydes is 1. The maximum Gasteiger partial charge on any atom is 0.347 e. The van der Waals surface area contributed by atoms with Gasteiger partial charge in [0.1, 0.15) is 11.5 Å². The van der Waals surface area contributed by atoms with Crippen molar-refractivity contribution in [1.82, 2.24) is 0 Å². The number of benzene rings is 1. The number of methoxy groups -OCH3 is 1. The van der Waals surface area contributed by atoms with Crippen molar-refractivity contribution in [1.29, 1.82) is 0 Å². The van der Waals surface area contributed by atoms with E-state index in [9.17, 15) is 9.59 Å². The van der Waals surface area contributed by atoms with Gasteiger partial charge in [0.25, 0.3) is 0 Å². The molecule has 0 aliphatic heterocycles. The van der Waals surface area contributed by atoms with Crippen LogP contribution < -0.4 is 9.47 Å². The zero-order valence-electron chi connectivity index (χ0n) is 10.6. The molecule has 98 valence electrons. The molecule has 0 spiro atoms. The largest absolute Gasteiger partial charge is 0.497 e. The summed E-state index contributed by atoms with van der Waals surface area (Å²) in [6.07, 6.45) is -0.122. The second-order valence-electron chi connectivity index (χ2n) is 3.53. The zero-order chi connectivity index (χ0) is 13.5. The predicted molar refractivity (Wildman–Crippen MR) is 65.1 cm³/mol. The fourth-order valence-electron chi connectivity index (χ4n) is 1.34. The smallest absolute Gasteiger partial charge is 0.347 e. The molecule has 1 aromatic rings. The topological polar surface area (TPSA) is 61.8 Å². The molecule has 5 nitrogen and oxygen atoms in total. The van der Waals surface area contributed by atoms with E-state index in [1.165, 1.54) is 7.11 Å². The summed E-state index contributed by atoms with van der Waals surface area (Å²) in [6.45, 7) is 3.56. The van der Waals surface area contributed by atoms with E-state index in [1.54, 1.807) is 32.0 Å². The van der Waals surface area contributed by atoms with Crippen LogP contribution in [0.5, 0.6) is 11.5 Å². The summed E-state index contributed by atoms with van der Waals surface area (Å²) >= 11 is 0. The third kappa shape index (κ3) is 3.48. The van der Waals surface area contributed by atoms with Crippen LogP contribution in [0.3, 0.4) is 0 Å². The van der Waals surface area contributed by atoms with Gasteiger partial charge in [-0.1, -0.05) is 0 Å². The molecule has 5 heteroatoms. The van der Waals surface area contributed by atoms with E-state index >= 15 is 0 Å². The van der Waals surface area contributed by atoms with Crippen molar-refractivity contribution in [3.8, 4) is 11.5 Å². The number of ether oxygens (including phenoxy) is 3. The molecule has 0 fully saturated rings. The van der Waals surface area contributed by atoms with Gasteiger partial charge in [-0.3, -0.25) is 4.79 Å². The standard InChI is InChI=1S/C13H16O5/c1-4-17-13(15)9(2)18-12-7-11(16-3)6-5-10(12)8-14/h5-9H,4H2,1-3H3. The molecule has 0 aliphatic carbocycles. The Morgan fingerprint density at radius 1 is 1.44 bits per heavy atom. The summed E-state index contributed by atoms with van der Waals surface area (Å²) in [7, 11) is 1.51. The molecule has 1 unspecified atom stereocenters. The Hall–Kier alpha value is -2.04. The molecule has 0 bridgehead atoms. The lowest BCUT2D eigenvalue weighted by Crippen LogP contribution is -2.26. The highest BCUT2D eigenvalue weighted by Crippen LogP contribution is 2.24.